The summed E-state index contributed by atoms with van der Waals surface area (Å²) in [5, 5.41) is 4.38. The number of hydrogen-bond acceptors (Lipinski definition) is 5. The van der Waals surface area contributed by atoms with Crippen LogP contribution in [-0.4, -0.2) is 28.5 Å². The molecule has 2 heterocycles. The average Bonchev–Trinajstić information content (AvgIpc) is 3.26. The van der Waals surface area contributed by atoms with Crippen molar-refractivity contribution < 1.29 is 14.3 Å². The summed E-state index contributed by atoms with van der Waals surface area (Å²) < 4.78 is 5.42. The third-order valence-electron chi connectivity index (χ3n) is 5.76. The van der Waals surface area contributed by atoms with Gasteiger partial charge in [-0.15, -0.1) is 0 Å². The lowest BCUT2D eigenvalue weighted by molar-refractivity contribution is -0.119. The number of esters is 1. The van der Waals surface area contributed by atoms with Crippen molar-refractivity contribution >= 4 is 75.0 Å². The summed E-state index contributed by atoms with van der Waals surface area (Å²) in [5.41, 5.74) is 4.68. The molecule has 0 radical (unpaired) electrons. The first-order valence-electron chi connectivity index (χ1n) is 11.0. The van der Waals surface area contributed by atoms with Gasteiger partial charge in [-0.25, -0.2) is 14.8 Å². The van der Waals surface area contributed by atoms with Crippen LogP contribution in [0.2, 0.25) is 15.1 Å². The lowest BCUT2D eigenvalue weighted by Crippen LogP contribution is -2.22. The minimum absolute atomic E-state index is 0.134. The predicted octanol–water partition coefficient (Wildman–Crippen LogP) is 6.87. The molecule has 1 N–H and O–H groups in total. The Kier molecular flexibility index (Phi) is 6.92. The van der Waals surface area contributed by atoms with Gasteiger partial charge in [0.1, 0.15) is 0 Å². The van der Waals surface area contributed by atoms with Crippen LogP contribution in [0.1, 0.15) is 33.6 Å². The quantitative estimate of drug-likeness (QED) is 0.280. The molecule has 0 bridgehead atoms. The van der Waals surface area contributed by atoms with Gasteiger partial charge in [-0.1, -0.05) is 65.1 Å². The molecule has 1 aliphatic rings. The Hall–Kier alpha value is -3.45. The first kappa shape index (κ1) is 24.3. The number of carbonyl (C=O) groups excluding carboxylic acids is 2. The second-order valence-corrected chi connectivity index (χ2v) is 9.44. The molecule has 180 valence electrons. The highest BCUT2D eigenvalue weighted by atomic mass is 35.5. The zero-order valence-electron chi connectivity index (χ0n) is 18.7. The second-order valence-electron chi connectivity index (χ2n) is 8.16. The van der Waals surface area contributed by atoms with Crippen LogP contribution in [0.15, 0.2) is 60.8 Å². The van der Waals surface area contributed by atoms with Crippen LogP contribution >= 0.6 is 34.8 Å². The van der Waals surface area contributed by atoms with Gasteiger partial charge in [0.25, 0.3) is 5.91 Å². The normalized spacial score (nSPS) is 13.6. The zero-order valence-corrected chi connectivity index (χ0v) is 21.0. The van der Waals surface area contributed by atoms with E-state index in [0.717, 1.165) is 28.8 Å². The van der Waals surface area contributed by atoms with E-state index in [1.54, 1.807) is 0 Å². The zero-order chi connectivity index (χ0) is 25.2. The fourth-order valence-electron chi connectivity index (χ4n) is 4.15. The van der Waals surface area contributed by atoms with Crippen LogP contribution < -0.4 is 5.32 Å². The third-order valence-corrected chi connectivity index (χ3v) is 6.50. The van der Waals surface area contributed by atoms with E-state index in [4.69, 9.17) is 44.5 Å². The molecule has 9 heteroatoms. The Balaban J connectivity index is 1.42. The SMILES string of the molecule is O=C(COC(=O)c1c2c(nc3ccccc13)/C(=C\c1ccc(Cl)cc1)CC2)Nc1ncc(Cl)cc1Cl. The van der Waals surface area contributed by atoms with Crippen LogP contribution in [0.3, 0.4) is 0 Å². The Bertz CT molecular complexity index is 1540. The topological polar surface area (TPSA) is 81.2 Å². The van der Waals surface area contributed by atoms with Crippen molar-refractivity contribution in [3.63, 3.8) is 0 Å². The summed E-state index contributed by atoms with van der Waals surface area (Å²) >= 11 is 17.9. The Labute approximate surface area is 221 Å². The number of hydrogen-bond donors (Lipinski definition) is 1. The number of rotatable bonds is 5. The van der Waals surface area contributed by atoms with Crippen molar-refractivity contribution in [2.45, 2.75) is 12.8 Å². The van der Waals surface area contributed by atoms with E-state index in [1.807, 2.05) is 48.5 Å². The van der Waals surface area contributed by atoms with Gasteiger partial charge >= 0.3 is 5.97 Å². The molecule has 0 fully saturated rings. The van der Waals surface area contributed by atoms with Crippen LogP contribution in [0.5, 0.6) is 0 Å². The second kappa shape index (κ2) is 10.3. The Morgan fingerprint density at radius 1 is 1.00 bits per heavy atom. The molecule has 0 saturated carbocycles. The molecule has 1 aliphatic carbocycles. The number of carbonyl (C=O) groups is 2. The number of anilines is 1. The molecule has 5 rings (SSSR count). The van der Waals surface area contributed by atoms with Gasteiger partial charge < -0.3 is 10.1 Å². The van der Waals surface area contributed by atoms with Crippen LogP contribution in [0.25, 0.3) is 22.6 Å². The van der Waals surface area contributed by atoms with Crippen molar-refractivity contribution in [3.8, 4) is 0 Å². The number of allylic oxidation sites excluding steroid dienone is 1. The van der Waals surface area contributed by atoms with Gasteiger partial charge in [0.15, 0.2) is 12.4 Å². The summed E-state index contributed by atoms with van der Waals surface area (Å²) in [6.07, 6.45) is 4.77. The van der Waals surface area contributed by atoms with E-state index in [1.165, 1.54) is 12.3 Å². The molecule has 0 aliphatic heterocycles. The Morgan fingerprint density at radius 2 is 1.78 bits per heavy atom. The molecular formula is C27H18Cl3N3O3. The lowest BCUT2D eigenvalue weighted by Gasteiger charge is -2.12. The maximum absolute atomic E-state index is 13.3. The van der Waals surface area contributed by atoms with Gasteiger partial charge in [0.05, 0.1) is 26.8 Å². The molecule has 1 amide bonds. The summed E-state index contributed by atoms with van der Waals surface area (Å²) in [4.78, 5) is 34.5. The molecule has 6 nitrogen and oxygen atoms in total. The molecule has 0 atom stereocenters. The first-order valence-corrected chi connectivity index (χ1v) is 12.2. The molecule has 2 aromatic carbocycles. The summed E-state index contributed by atoms with van der Waals surface area (Å²) in [6.45, 7) is -0.502. The van der Waals surface area contributed by atoms with Crippen molar-refractivity contribution in [1.29, 1.82) is 0 Å². The molecule has 4 aromatic rings. The van der Waals surface area contributed by atoms with Gasteiger partial charge in [-0.3, -0.25) is 4.79 Å². The molecule has 0 spiro atoms. The average molecular weight is 539 g/mol. The molecule has 0 saturated heterocycles. The van der Waals surface area contributed by atoms with Gasteiger partial charge in [0, 0.05) is 16.6 Å². The molecule has 36 heavy (non-hydrogen) atoms. The van der Waals surface area contributed by atoms with Gasteiger partial charge in [-0.05, 0) is 59.9 Å². The minimum Gasteiger partial charge on any atom is -0.452 e. The fraction of sp³-hybridized carbons (Fsp3) is 0.111. The van der Waals surface area contributed by atoms with Crippen LogP contribution in [-0.2, 0) is 16.0 Å². The number of ether oxygens (including phenoxy) is 1. The van der Waals surface area contributed by atoms with Crippen LogP contribution in [0.4, 0.5) is 5.82 Å². The summed E-state index contributed by atoms with van der Waals surface area (Å²) in [5.74, 6) is -1.03. The smallest absolute Gasteiger partial charge is 0.339 e. The summed E-state index contributed by atoms with van der Waals surface area (Å²) in [6, 6.07) is 16.4. The number of halogens is 3. The van der Waals surface area contributed by atoms with E-state index in [9.17, 15) is 9.59 Å². The van der Waals surface area contributed by atoms with Gasteiger partial charge in [-0.2, -0.15) is 0 Å². The van der Waals surface area contributed by atoms with E-state index < -0.39 is 18.5 Å². The number of fused-ring (bicyclic) bond motifs is 2. The number of nitrogens with zero attached hydrogens (tertiary/aromatic N) is 2. The molecular weight excluding hydrogens is 521 g/mol. The predicted molar refractivity (Wildman–Crippen MR) is 143 cm³/mol. The first-order chi connectivity index (χ1) is 17.4. The van der Waals surface area contributed by atoms with E-state index >= 15 is 0 Å². The number of para-hydroxylation sites is 1. The van der Waals surface area contributed by atoms with Gasteiger partial charge in [0.2, 0.25) is 0 Å². The number of pyridine rings is 2. The number of benzene rings is 2. The number of amides is 1. The molecule has 0 unspecified atom stereocenters. The standard InChI is InChI=1S/C27H18Cl3N3O3/c28-17-8-5-15(6-9-17)11-16-7-10-20-24(19-3-1-2-4-22(19)32-25(16)20)27(35)36-14-23(34)33-26-21(30)12-18(29)13-31-26/h1-6,8-9,11-13H,7,10,14H2,(H,31,33,34)/b16-11-. The summed E-state index contributed by atoms with van der Waals surface area (Å²) in [7, 11) is 0. The van der Waals surface area contributed by atoms with E-state index in [-0.39, 0.29) is 10.8 Å². The lowest BCUT2D eigenvalue weighted by atomic mass is 10.0. The minimum atomic E-state index is -0.595. The van der Waals surface area contributed by atoms with Crippen molar-refractivity contribution in [2.24, 2.45) is 0 Å². The van der Waals surface area contributed by atoms with Crippen molar-refractivity contribution in [3.05, 3.63) is 98.2 Å². The van der Waals surface area contributed by atoms with E-state index in [2.05, 4.69) is 16.4 Å². The highest BCUT2D eigenvalue weighted by molar-refractivity contribution is 6.36. The van der Waals surface area contributed by atoms with Crippen LogP contribution in [0, 0.1) is 0 Å². The van der Waals surface area contributed by atoms with Crippen molar-refractivity contribution in [1.82, 2.24) is 9.97 Å². The Morgan fingerprint density at radius 3 is 2.56 bits per heavy atom. The third kappa shape index (κ3) is 5.07. The number of aromatic nitrogens is 2. The largest absolute Gasteiger partial charge is 0.452 e. The molecule has 2 aromatic heterocycles. The monoisotopic (exact) mass is 537 g/mol. The maximum Gasteiger partial charge on any atom is 0.339 e. The maximum atomic E-state index is 13.3. The van der Waals surface area contributed by atoms with E-state index in [0.29, 0.717) is 32.9 Å². The fourth-order valence-corrected chi connectivity index (χ4v) is 4.70. The van der Waals surface area contributed by atoms with Crippen molar-refractivity contribution in [2.75, 3.05) is 11.9 Å². The highest BCUT2D eigenvalue weighted by Gasteiger charge is 2.28. The highest BCUT2D eigenvalue weighted by Crippen LogP contribution is 2.38. The number of nitrogens with one attached hydrogen (secondary N) is 1.